The molecule has 3 fully saturated rings. The van der Waals surface area contributed by atoms with E-state index in [9.17, 15) is 49.5 Å². The van der Waals surface area contributed by atoms with E-state index in [0.717, 1.165) is 69.2 Å². The van der Waals surface area contributed by atoms with Crippen molar-refractivity contribution in [2.24, 2.45) is 11.1 Å². The highest BCUT2D eigenvalue weighted by molar-refractivity contribution is 5.71. The summed E-state index contributed by atoms with van der Waals surface area (Å²) in [6, 6.07) is 16.5. The van der Waals surface area contributed by atoms with E-state index in [0.29, 0.717) is 26.2 Å². The van der Waals surface area contributed by atoms with Crippen LogP contribution >= 0.6 is 0 Å². The van der Waals surface area contributed by atoms with Crippen LogP contribution in [0.5, 0.6) is 0 Å². The zero-order chi connectivity index (χ0) is 55.2. The van der Waals surface area contributed by atoms with Crippen LogP contribution in [0.4, 0.5) is 11.4 Å². The van der Waals surface area contributed by atoms with E-state index < -0.39 is 40.9 Å². The number of aliphatic carboxylic acids is 5. The van der Waals surface area contributed by atoms with Gasteiger partial charge in [-0.15, -0.1) is 0 Å². The van der Waals surface area contributed by atoms with Crippen LogP contribution in [-0.2, 0) is 35.9 Å². The van der Waals surface area contributed by atoms with Crippen LogP contribution in [0.3, 0.4) is 0 Å². The fraction of sp³-hybridized carbons (Fsp3) is 0.679. The molecule has 6 rings (SSSR count). The van der Waals surface area contributed by atoms with E-state index >= 15 is 0 Å². The van der Waals surface area contributed by atoms with Crippen LogP contribution in [0.2, 0.25) is 0 Å². The van der Waals surface area contributed by atoms with Crippen molar-refractivity contribution in [1.82, 2.24) is 45.3 Å². The topological polar surface area (TPSA) is 292 Å². The number of carboxylic acids is 5. The minimum atomic E-state index is -1.08. The molecule has 0 aromatic heterocycles. The Morgan fingerprint density at radius 1 is 0.533 bits per heavy atom. The molecule has 0 aliphatic carbocycles. The average molecular weight is 1060 g/mol. The van der Waals surface area contributed by atoms with Crippen molar-refractivity contribution in [3.63, 3.8) is 0 Å². The second-order valence-electron chi connectivity index (χ2n) is 23.0. The molecule has 22 nitrogen and oxygen atoms in total. The maximum Gasteiger partial charge on any atom is 0.317 e. The largest absolute Gasteiger partial charge is 0.480 e. The molecule has 2 aromatic rings. The molecule has 3 saturated heterocycles. The molecule has 422 valence electrons. The van der Waals surface area contributed by atoms with Crippen LogP contribution < -0.4 is 32.3 Å². The minimum Gasteiger partial charge on any atom is -0.480 e. The molecule has 4 aliphatic rings. The summed E-state index contributed by atoms with van der Waals surface area (Å²) in [5.74, 6) is -4.98. The van der Waals surface area contributed by atoms with E-state index in [1.54, 1.807) is 19.6 Å². The second-order valence-corrected chi connectivity index (χ2v) is 23.0. The van der Waals surface area contributed by atoms with Gasteiger partial charge in [-0.2, -0.15) is 0 Å². The standard InChI is InChI=1S/C33H56N8O8.C20H34N4O2/c1-31(2,3)26-6-4-25(5-7-26)14-37-33-20-36-9-8-35-19-32(34,21-38(15-27(42)43)10-12-40(23-33)17-29(46)47)22-39(16-28(44)45)11-13-41(24-33)18-30(48)49;1-20(2,3)16-24-12-6-11-23(15-19(25)26)13-9-21-17-7-4-5-8-18(17)22-10-14-24/h4-7,35-37H,8-24,34H2,1-3H3,(H,42,43)(H,44,45)(H,46,47)(H,48,49);4-5,7-8,21-22H,6,9-16H2,1-3H3,(H,25,26). The van der Waals surface area contributed by atoms with Crippen molar-refractivity contribution in [3.8, 4) is 0 Å². The number of fused-ring (bicyclic) bond motifs is 16. The number of nitrogens with one attached hydrogen (secondary N) is 5. The maximum absolute atomic E-state index is 12.2. The predicted octanol–water partition coefficient (Wildman–Crippen LogP) is 0.912. The van der Waals surface area contributed by atoms with Gasteiger partial charge in [0.1, 0.15) is 0 Å². The van der Waals surface area contributed by atoms with Crippen molar-refractivity contribution in [2.45, 2.75) is 71.0 Å². The van der Waals surface area contributed by atoms with Crippen molar-refractivity contribution in [2.75, 3.05) is 168 Å². The Labute approximate surface area is 444 Å². The Balaban J connectivity index is 0.000000392. The number of nitrogens with two attached hydrogens (primary N) is 1. The van der Waals surface area contributed by atoms with Crippen LogP contribution in [0.15, 0.2) is 48.5 Å². The number of hydrogen-bond acceptors (Lipinski definition) is 17. The predicted molar refractivity (Wildman–Crippen MR) is 292 cm³/mol. The van der Waals surface area contributed by atoms with Crippen LogP contribution in [-0.4, -0.2) is 253 Å². The molecule has 0 amide bonds. The summed E-state index contributed by atoms with van der Waals surface area (Å²) >= 11 is 0. The van der Waals surface area contributed by atoms with Gasteiger partial charge in [-0.05, 0) is 47.1 Å². The third-order valence-electron chi connectivity index (χ3n) is 13.4. The van der Waals surface area contributed by atoms with Gasteiger partial charge in [0.2, 0.25) is 0 Å². The molecule has 0 atom stereocenters. The SMILES string of the molecule is CC(C)(C)CN1CCCN(CC(=O)O)CCNc2ccccc2NCC1.CC(C)(C)c1ccc(CNC23CNCCNCC(N)(CN(CC(=O)O)CCN(CC(=O)O)C2)CN(CC(=O)O)CCN(CC(=O)O)C3)cc1. The number of hydrogen-bond donors (Lipinski definition) is 11. The number of para-hydroxylation sites is 2. The van der Waals surface area contributed by atoms with Gasteiger partial charge in [-0.1, -0.05) is 77.9 Å². The number of nitrogens with zero attached hydrogens (tertiary/aromatic N) is 6. The van der Waals surface area contributed by atoms with Crippen molar-refractivity contribution >= 4 is 41.2 Å². The molecule has 2 aromatic carbocycles. The van der Waals surface area contributed by atoms with E-state index in [4.69, 9.17) is 5.73 Å². The van der Waals surface area contributed by atoms with Gasteiger partial charge >= 0.3 is 29.8 Å². The molecule has 0 radical (unpaired) electrons. The van der Waals surface area contributed by atoms with Crippen molar-refractivity contribution in [1.29, 1.82) is 0 Å². The minimum absolute atomic E-state index is 0.0277. The molecular weight excluding hydrogens is 965 g/mol. The molecule has 0 spiro atoms. The highest BCUT2D eigenvalue weighted by Gasteiger charge is 2.38. The highest BCUT2D eigenvalue weighted by Crippen LogP contribution is 2.24. The fourth-order valence-electron chi connectivity index (χ4n) is 10.1. The van der Waals surface area contributed by atoms with E-state index in [1.807, 2.05) is 29.2 Å². The normalized spacial score (nSPS) is 22.7. The lowest BCUT2D eigenvalue weighted by Gasteiger charge is -2.45. The van der Waals surface area contributed by atoms with Crippen LogP contribution in [0, 0.1) is 5.41 Å². The first-order valence-electron chi connectivity index (χ1n) is 26.3. The highest BCUT2D eigenvalue weighted by atomic mass is 16.4. The summed E-state index contributed by atoms with van der Waals surface area (Å²) in [5, 5.41) is 66.1. The van der Waals surface area contributed by atoms with Gasteiger partial charge in [0.05, 0.1) is 55.2 Å². The lowest BCUT2D eigenvalue weighted by molar-refractivity contribution is -0.141. The van der Waals surface area contributed by atoms with E-state index in [2.05, 4.69) is 97.3 Å². The van der Waals surface area contributed by atoms with Crippen LogP contribution in [0.25, 0.3) is 0 Å². The monoisotopic (exact) mass is 1050 g/mol. The Morgan fingerprint density at radius 3 is 1.39 bits per heavy atom. The van der Waals surface area contributed by atoms with E-state index in [-0.39, 0.29) is 102 Å². The first-order valence-corrected chi connectivity index (χ1v) is 26.3. The number of anilines is 2. The zero-order valence-corrected chi connectivity index (χ0v) is 45.5. The first kappa shape index (κ1) is 62.5. The van der Waals surface area contributed by atoms with Gasteiger partial charge < -0.3 is 62.8 Å². The summed E-state index contributed by atoms with van der Waals surface area (Å²) in [4.78, 5) is 70.8. The maximum atomic E-state index is 12.2. The summed E-state index contributed by atoms with van der Waals surface area (Å²) < 4.78 is 0. The Bertz CT molecular complexity index is 2050. The second kappa shape index (κ2) is 30.1. The third kappa shape index (κ3) is 24.7. The van der Waals surface area contributed by atoms with Gasteiger partial charge in [-0.25, -0.2) is 0 Å². The quantitative estimate of drug-likeness (QED) is 0.125. The molecule has 4 aliphatic heterocycles. The molecule has 75 heavy (non-hydrogen) atoms. The lowest BCUT2D eigenvalue weighted by atomic mass is 9.86. The molecule has 4 heterocycles. The van der Waals surface area contributed by atoms with E-state index in [1.165, 1.54) is 5.56 Å². The molecule has 0 unspecified atom stereocenters. The number of benzene rings is 2. The number of carbonyl (C=O) groups is 5. The van der Waals surface area contributed by atoms with Gasteiger partial charge in [0.15, 0.2) is 0 Å². The summed E-state index contributed by atoms with van der Waals surface area (Å²) in [5.41, 5.74) is 9.54. The summed E-state index contributed by atoms with van der Waals surface area (Å²) in [7, 11) is 0. The lowest BCUT2D eigenvalue weighted by Crippen LogP contribution is -2.67. The number of carboxylic acid groups (broad SMARTS) is 5. The fourth-order valence-corrected chi connectivity index (χ4v) is 10.1. The molecule has 2 bridgehead atoms. The Kier molecular flexibility index (Phi) is 25.1. The van der Waals surface area contributed by atoms with Gasteiger partial charge in [0, 0.05) is 124 Å². The van der Waals surface area contributed by atoms with Crippen LogP contribution in [0.1, 0.15) is 59.1 Å². The molecular formula is C53H90N12O10. The van der Waals surface area contributed by atoms with Gasteiger partial charge in [0.25, 0.3) is 0 Å². The Hall–Kier alpha value is -5.01. The van der Waals surface area contributed by atoms with Gasteiger partial charge in [-0.3, -0.25) is 48.5 Å². The third-order valence-corrected chi connectivity index (χ3v) is 13.4. The molecule has 12 N–H and O–H groups in total. The average Bonchev–Trinajstić information content (AvgIpc) is 3.30. The zero-order valence-electron chi connectivity index (χ0n) is 45.5. The van der Waals surface area contributed by atoms with Crippen molar-refractivity contribution < 1.29 is 49.5 Å². The number of rotatable bonds is 14. The molecule has 0 saturated carbocycles. The smallest absolute Gasteiger partial charge is 0.317 e. The van der Waals surface area contributed by atoms with Crippen molar-refractivity contribution in [3.05, 3.63) is 59.7 Å². The first-order chi connectivity index (χ1) is 35.3. The Morgan fingerprint density at radius 2 is 0.947 bits per heavy atom. The summed E-state index contributed by atoms with van der Waals surface area (Å²) in [6.45, 7) is 21.6. The summed E-state index contributed by atoms with van der Waals surface area (Å²) in [6.07, 6.45) is 0.982. The molecule has 22 heteroatoms.